The summed E-state index contributed by atoms with van der Waals surface area (Å²) in [5.41, 5.74) is 3.51. The van der Waals surface area contributed by atoms with Gasteiger partial charge in [0.05, 0.1) is 23.2 Å². The number of phenols is 2. The molecule has 0 aromatic heterocycles. The van der Waals surface area contributed by atoms with E-state index in [0.717, 1.165) is 42.4 Å². The molecule has 4 aromatic rings. The van der Waals surface area contributed by atoms with E-state index in [1.165, 1.54) is 54.1 Å². The van der Waals surface area contributed by atoms with Gasteiger partial charge < -0.3 is 29.9 Å². The van der Waals surface area contributed by atoms with Gasteiger partial charge in [0.15, 0.2) is 0 Å². The molecule has 0 heterocycles. The van der Waals surface area contributed by atoms with Crippen molar-refractivity contribution in [2.45, 2.75) is 102 Å². The Kier molecular flexibility index (Phi) is 17.2. The molecule has 0 unspecified atom stereocenters. The second-order valence-electron chi connectivity index (χ2n) is 16.1. The monoisotopic (exact) mass is 851 g/mol. The third kappa shape index (κ3) is 13.6. The first-order valence-electron chi connectivity index (χ1n) is 19.1. The van der Waals surface area contributed by atoms with E-state index in [-0.39, 0.29) is 56.6 Å². The Balaban J connectivity index is 0.000000317. The fourth-order valence-electron chi connectivity index (χ4n) is 6.15. The number of phenolic OH excluding ortho intramolecular Hbond substituents is 2. The van der Waals surface area contributed by atoms with Crippen LogP contribution < -0.4 is 0 Å². The summed E-state index contributed by atoms with van der Waals surface area (Å²) in [5.74, 6) is -5.07. The predicted molar refractivity (Wildman–Crippen MR) is 221 cm³/mol. The summed E-state index contributed by atoms with van der Waals surface area (Å²) in [4.78, 5) is 56.5. The van der Waals surface area contributed by atoms with Crippen LogP contribution in [0.3, 0.4) is 0 Å². The molecule has 4 atom stereocenters. The smallest absolute Gasteiger partial charge is 0.349 e. The maximum Gasteiger partial charge on any atom is 0.349 e. The van der Waals surface area contributed by atoms with Crippen LogP contribution in [0.4, 0.5) is 0 Å². The van der Waals surface area contributed by atoms with E-state index in [1.807, 2.05) is 24.4 Å². The van der Waals surface area contributed by atoms with E-state index in [4.69, 9.17) is 19.5 Å². The minimum Gasteiger partial charge on any atom is -0.507 e. The summed E-state index contributed by atoms with van der Waals surface area (Å²) >= 11 is 0. The first-order chi connectivity index (χ1) is 27.4. The number of hydrogen-bond acceptors (Lipinski definition) is 10. The van der Waals surface area contributed by atoms with Crippen molar-refractivity contribution >= 4 is 36.3 Å². The van der Waals surface area contributed by atoms with Gasteiger partial charge in [-0.1, -0.05) is 109 Å². The number of carbonyl (C=O) groups is 4. The van der Waals surface area contributed by atoms with Crippen LogP contribution in [0.2, 0.25) is 0 Å². The second kappa shape index (κ2) is 21.3. The Bertz CT molecular complexity index is 2040. The second-order valence-corrected chi connectivity index (χ2v) is 16.1. The third-order valence-corrected chi connectivity index (χ3v) is 9.50. The van der Waals surface area contributed by atoms with Crippen molar-refractivity contribution in [2.24, 2.45) is 9.98 Å². The Morgan fingerprint density at radius 1 is 0.627 bits per heavy atom. The van der Waals surface area contributed by atoms with Gasteiger partial charge in [-0.15, -0.1) is 0 Å². The quantitative estimate of drug-likeness (QED) is 0.0846. The Morgan fingerprint density at radius 3 is 1.46 bits per heavy atom. The van der Waals surface area contributed by atoms with Crippen molar-refractivity contribution in [3.63, 3.8) is 0 Å². The molecule has 1 aliphatic carbocycles. The number of hydrogen-bond donors (Lipinski definition) is 4. The maximum atomic E-state index is 12.0. The van der Waals surface area contributed by atoms with Crippen LogP contribution in [0, 0.1) is 0 Å². The molecule has 0 aliphatic heterocycles. The first kappa shape index (κ1) is 47.6. The van der Waals surface area contributed by atoms with Crippen molar-refractivity contribution in [1.82, 2.24) is 0 Å². The van der Waals surface area contributed by atoms with Gasteiger partial charge in [-0.05, 0) is 71.7 Å². The molecule has 13 heteroatoms. The summed E-state index contributed by atoms with van der Waals surface area (Å²) in [5, 5.41) is 39.5. The maximum absolute atomic E-state index is 12.0. The molecule has 12 nitrogen and oxygen atoms in total. The molecular weight excluding hydrogens is 799 g/mol. The Hall–Kier alpha value is -5.79. The zero-order valence-corrected chi connectivity index (χ0v) is 35.0. The zero-order valence-electron chi connectivity index (χ0n) is 34.0. The van der Waals surface area contributed by atoms with Crippen LogP contribution in [0.25, 0.3) is 0 Å². The molecule has 4 N–H and O–H groups in total. The summed E-state index contributed by atoms with van der Waals surface area (Å²) in [7, 11) is 0. The molecule has 1 radical (unpaired) electrons. The van der Waals surface area contributed by atoms with Crippen LogP contribution in [0.5, 0.6) is 11.5 Å². The van der Waals surface area contributed by atoms with E-state index in [9.17, 15) is 39.6 Å². The van der Waals surface area contributed by atoms with Crippen molar-refractivity contribution in [1.29, 1.82) is 0 Å². The van der Waals surface area contributed by atoms with Gasteiger partial charge in [-0.3, -0.25) is 9.98 Å². The zero-order chi connectivity index (χ0) is 42.6. The van der Waals surface area contributed by atoms with Crippen LogP contribution in [0.1, 0.15) is 110 Å². The number of ether oxygens (including phenoxy) is 2. The summed E-state index contributed by atoms with van der Waals surface area (Å²) in [6.45, 7) is 13.0. The summed E-state index contributed by atoms with van der Waals surface area (Å²) in [6.07, 6.45) is 3.40. The SMILES string of the molecule is CC(C)(C)c1cc(C=N[C@H]2CCCC[C@@H]2N=Cc2ccccc2O)c(O)c(C(C)(C)C)c1.O=C(O[C@@H](C(=O)O)[C@@H](OC(=O)c1ccccc1)C(=O)O)c1ccccc1.[Co]. The predicted octanol–water partition coefficient (Wildman–Crippen LogP) is 8.15. The van der Waals surface area contributed by atoms with Gasteiger partial charge in [0, 0.05) is 45.9 Å². The number of nitrogens with zero attached hydrogens (tertiary/aromatic N) is 2. The van der Waals surface area contributed by atoms with E-state index >= 15 is 0 Å². The fourth-order valence-corrected chi connectivity index (χ4v) is 6.15. The molecule has 0 amide bonds. The van der Waals surface area contributed by atoms with E-state index < -0.39 is 36.1 Å². The van der Waals surface area contributed by atoms with Gasteiger partial charge in [-0.25, -0.2) is 19.2 Å². The first-order valence-corrected chi connectivity index (χ1v) is 19.1. The molecule has 5 rings (SSSR count). The number of aliphatic carboxylic acids is 2. The van der Waals surface area contributed by atoms with Crippen LogP contribution in [-0.4, -0.2) is 81.0 Å². The number of esters is 2. The number of benzene rings is 4. The standard InChI is InChI=1S/C28H38N2O2.C18H14O8.Co/c1-27(2,3)21-15-20(26(32)22(16-21)28(4,5)6)18-30-24-13-9-8-12-23(24)29-17-19-11-7-10-14-25(19)31;19-15(20)13(25-17(23)11-7-3-1-4-8-11)14(16(21)22)26-18(24)12-9-5-2-6-10-12;/h7,10-11,14-18,23-24,31-32H,8-9,12-13H2,1-6H3;1-10,13-14H,(H,19,20)(H,21,22);/t23-,24-;13-,14-;/m01./s1. The minimum absolute atomic E-state index is 0. The van der Waals surface area contributed by atoms with E-state index in [2.05, 4.69) is 53.7 Å². The number of carboxylic acids is 2. The van der Waals surface area contributed by atoms with Crippen molar-refractivity contribution < 1.29 is 65.9 Å². The Labute approximate surface area is 355 Å². The van der Waals surface area contributed by atoms with E-state index in [0.29, 0.717) is 5.75 Å². The largest absolute Gasteiger partial charge is 0.507 e. The average molecular weight is 852 g/mol. The van der Waals surface area contributed by atoms with Crippen molar-refractivity contribution in [2.75, 3.05) is 0 Å². The van der Waals surface area contributed by atoms with E-state index in [1.54, 1.807) is 24.4 Å². The van der Waals surface area contributed by atoms with Crippen molar-refractivity contribution in [3.8, 4) is 11.5 Å². The molecule has 1 fully saturated rings. The number of carboxylic acid groups (broad SMARTS) is 2. The van der Waals surface area contributed by atoms with Crippen molar-refractivity contribution in [3.05, 3.63) is 130 Å². The fraction of sp³-hybridized carbons (Fsp3) is 0.348. The van der Waals surface area contributed by atoms with Gasteiger partial charge in [0.1, 0.15) is 11.5 Å². The van der Waals surface area contributed by atoms with Crippen LogP contribution in [0.15, 0.2) is 107 Å². The summed E-state index contributed by atoms with van der Waals surface area (Å²) in [6, 6.07) is 26.4. The van der Waals surface area contributed by atoms with Crippen LogP contribution in [-0.2, 0) is 46.7 Å². The molecule has 1 saturated carbocycles. The minimum atomic E-state index is -2.21. The molecular formula is C46H52CoN2O10. The van der Waals surface area contributed by atoms with Gasteiger partial charge in [-0.2, -0.15) is 0 Å². The molecule has 1 aliphatic rings. The number of aliphatic imine (C=N–C) groups is 2. The van der Waals surface area contributed by atoms with Crippen LogP contribution >= 0.6 is 0 Å². The molecule has 0 spiro atoms. The summed E-state index contributed by atoms with van der Waals surface area (Å²) < 4.78 is 9.52. The molecule has 4 aromatic carbocycles. The van der Waals surface area contributed by atoms with Gasteiger partial charge in [0.25, 0.3) is 0 Å². The molecule has 315 valence electrons. The normalized spacial score (nSPS) is 16.5. The van der Waals surface area contributed by atoms with Gasteiger partial charge in [0.2, 0.25) is 12.2 Å². The molecule has 0 saturated heterocycles. The Morgan fingerprint density at radius 2 is 1.05 bits per heavy atom. The number of para-hydroxylation sites is 1. The number of aromatic hydroxyl groups is 2. The van der Waals surface area contributed by atoms with Gasteiger partial charge >= 0.3 is 23.9 Å². The third-order valence-electron chi connectivity index (χ3n) is 9.50. The topological polar surface area (TPSA) is 192 Å². The molecule has 0 bridgehead atoms. The molecule has 59 heavy (non-hydrogen) atoms. The average Bonchev–Trinajstić information content (AvgIpc) is 3.18. The number of carbonyl (C=O) groups excluding carboxylic acids is 2. The number of rotatable bonds is 11.